The minimum absolute atomic E-state index is 0.0269. The van der Waals surface area contributed by atoms with E-state index < -0.39 is 37.3 Å². The highest BCUT2D eigenvalue weighted by atomic mass is 79.9. The summed E-state index contributed by atoms with van der Waals surface area (Å²) in [6, 6.07) is 0. The van der Waals surface area contributed by atoms with E-state index in [-0.39, 0.29) is 29.0 Å². The molecule has 1 aliphatic carbocycles. The van der Waals surface area contributed by atoms with E-state index in [1.807, 2.05) is 0 Å². The minimum Gasteiger partial charge on any atom is -0.350 e. The number of aromatic nitrogens is 4. The second kappa shape index (κ2) is 8.57. The molecule has 14 heteroatoms. The SMILES string of the molecule is O=C(CCn1nc(C(F)(F)F)c(Br)c1C1CC1)Nc1cnn(COCC(F)(F)F)c1. The lowest BCUT2D eigenvalue weighted by Crippen LogP contribution is -2.18. The van der Waals surface area contributed by atoms with Gasteiger partial charge >= 0.3 is 12.4 Å². The van der Waals surface area contributed by atoms with Gasteiger partial charge in [-0.1, -0.05) is 0 Å². The molecule has 1 saturated carbocycles. The third-order valence-electron chi connectivity index (χ3n) is 4.12. The van der Waals surface area contributed by atoms with Crippen molar-refractivity contribution in [2.75, 3.05) is 11.9 Å². The van der Waals surface area contributed by atoms with Crippen LogP contribution in [-0.4, -0.2) is 38.3 Å². The largest absolute Gasteiger partial charge is 0.436 e. The molecule has 1 fully saturated rings. The van der Waals surface area contributed by atoms with Gasteiger partial charge in [0.15, 0.2) is 5.69 Å². The number of nitrogens with one attached hydrogen (secondary N) is 1. The standard InChI is InChI=1S/C16H16BrF6N5O2/c17-12-13(9-1-2-9)28(26-14(12)16(21,22)23)4-3-11(29)25-10-5-24-27(6-10)8-30-7-15(18,19)20/h5-6,9H,1-4,7-8H2,(H,25,29). The molecule has 2 aromatic heterocycles. The number of nitrogens with zero attached hydrogens (tertiary/aromatic N) is 4. The lowest BCUT2D eigenvalue weighted by Gasteiger charge is -2.08. The van der Waals surface area contributed by atoms with Crippen molar-refractivity contribution in [1.82, 2.24) is 19.6 Å². The zero-order chi connectivity index (χ0) is 22.1. The first-order valence-electron chi connectivity index (χ1n) is 8.74. The van der Waals surface area contributed by atoms with Crippen molar-refractivity contribution in [1.29, 1.82) is 0 Å². The van der Waals surface area contributed by atoms with Crippen molar-refractivity contribution < 1.29 is 35.9 Å². The second-order valence-corrected chi connectivity index (χ2v) is 7.50. The van der Waals surface area contributed by atoms with E-state index in [0.717, 1.165) is 17.5 Å². The van der Waals surface area contributed by atoms with E-state index >= 15 is 0 Å². The summed E-state index contributed by atoms with van der Waals surface area (Å²) in [6.07, 6.45) is -5.23. The average Bonchev–Trinajstić information content (AvgIpc) is 3.25. The van der Waals surface area contributed by atoms with E-state index in [1.165, 1.54) is 17.1 Å². The van der Waals surface area contributed by atoms with Gasteiger partial charge in [0.2, 0.25) is 5.91 Å². The normalized spacial score (nSPS) is 14.9. The van der Waals surface area contributed by atoms with Gasteiger partial charge in [-0.25, -0.2) is 4.68 Å². The van der Waals surface area contributed by atoms with Crippen molar-refractivity contribution in [3.05, 3.63) is 28.3 Å². The maximum atomic E-state index is 13.1. The lowest BCUT2D eigenvalue weighted by atomic mass is 10.2. The van der Waals surface area contributed by atoms with Crippen molar-refractivity contribution in [2.24, 2.45) is 0 Å². The van der Waals surface area contributed by atoms with Crippen LogP contribution in [0.4, 0.5) is 32.0 Å². The Morgan fingerprint density at radius 3 is 2.57 bits per heavy atom. The van der Waals surface area contributed by atoms with E-state index in [1.54, 1.807) is 0 Å². The molecule has 0 atom stereocenters. The number of aryl methyl sites for hydroxylation is 1. The third kappa shape index (κ3) is 5.97. The van der Waals surface area contributed by atoms with Crippen molar-refractivity contribution in [2.45, 2.75) is 50.8 Å². The number of rotatable bonds is 8. The van der Waals surface area contributed by atoms with E-state index in [9.17, 15) is 31.1 Å². The van der Waals surface area contributed by atoms with Crippen LogP contribution in [0.5, 0.6) is 0 Å². The minimum atomic E-state index is -4.61. The Balaban J connectivity index is 1.55. The first-order valence-corrected chi connectivity index (χ1v) is 9.53. The molecule has 1 N–H and O–H groups in total. The number of carbonyl (C=O) groups excluding carboxylic acids is 1. The Morgan fingerprint density at radius 1 is 1.27 bits per heavy atom. The van der Waals surface area contributed by atoms with Crippen LogP contribution in [0.3, 0.4) is 0 Å². The second-order valence-electron chi connectivity index (χ2n) is 6.70. The molecule has 0 unspecified atom stereocenters. The smallest absolute Gasteiger partial charge is 0.350 e. The van der Waals surface area contributed by atoms with Gasteiger partial charge in [-0.3, -0.25) is 9.48 Å². The summed E-state index contributed by atoms with van der Waals surface area (Å²) in [7, 11) is 0. The molecule has 30 heavy (non-hydrogen) atoms. The highest BCUT2D eigenvalue weighted by Crippen LogP contribution is 2.47. The van der Waals surface area contributed by atoms with Crippen molar-refractivity contribution >= 4 is 27.5 Å². The summed E-state index contributed by atoms with van der Waals surface area (Å²) in [5.74, 6) is -0.534. The predicted molar refractivity (Wildman–Crippen MR) is 94.4 cm³/mol. The topological polar surface area (TPSA) is 74.0 Å². The van der Waals surface area contributed by atoms with Crippen LogP contribution in [0.1, 0.15) is 36.6 Å². The summed E-state index contributed by atoms with van der Waals surface area (Å²) in [5, 5.41) is 9.85. The van der Waals surface area contributed by atoms with Crippen LogP contribution in [0, 0.1) is 0 Å². The molecule has 7 nitrogen and oxygen atoms in total. The molecule has 1 amide bonds. The monoisotopic (exact) mass is 503 g/mol. The van der Waals surface area contributed by atoms with Crippen LogP contribution in [0.25, 0.3) is 0 Å². The maximum Gasteiger partial charge on any atom is 0.436 e. The number of amides is 1. The molecular weight excluding hydrogens is 488 g/mol. The summed E-state index contributed by atoms with van der Waals surface area (Å²) in [4.78, 5) is 12.1. The van der Waals surface area contributed by atoms with Gasteiger partial charge in [0, 0.05) is 12.3 Å². The number of hydrogen-bond donors (Lipinski definition) is 1. The average molecular weight is 504 g/mol. The van der Waals surface area contributed by atoms with Gasteiger partial charge in [0.1, 0.15) is 13.3 Å². The van der Waals surface area contributed by atoms with Gasteiger partial charge in [0.05, 0.1) is 34.8 Å². The van der Waals surface area contributed by atoms with Crippen LogP contribution < -0.4 is 5.32 Å². The molecule has 0 bridgehead atoms. The molecule has 3 rings (SSSR count). The number of hydrogen-bond acceptors (Lipinski definition) is 4. The molecule has 0 saturated heterocycles. The highest BCUT2D eigenvalue weighted by molar-refractivity contribution is 9.10. The third-order valence-corrected chi connectivity index (χ3v) is 4.90. The molecule has 0 radical (unpaired) electrons. The van der Waals surface area contributed by atoms with E-state index in [0.29, 0.717) is 5.69 Å². The van der Waals surface area contributed by atoms with Gasteiger partial charge in [0.25, 0.3) is 0 Å². The summed E-state index contributed by atoms with van der Waals surface area (Å²) < 4.78 is 82.1. The lowest BCUT2D eigenvalue weighted by molar-refractivity contribution is -0.182. The molecule has 1 aliphatic rings. The highest BCUT2D eigenvalue weighted by Gasteiger charge is 2.41. The number of halogens is 7. The number of ether oxygens (including phenoxy) is 1. The number of carbonyl (C=O) groups is 1. The molecule has 2 heterocycles. The summed E-state index contributed by atoms with van der Waals surface area (Å²) >= 11 is 2.98. The van der Waals surface area contributed by atoms with Crippen LogP contribution in [-0.2, 0) is 29.0 Å². The van der Waals surface area contributed by atoms with Gasteiger partial charge in [-0.05, 0) is 28.8 Å². The maximum absolute atomic E-state index is 13.1. The van der Waals surface area contributed by atoms with Crippen LogP contribution >= 0.6 is 15.9 Å². The zero-order valence-corrected chi connectivity index (χ0v) is 16.8. The van der Waals surface area contributed by atoms with Gasteiger partial charge in [-0.2, -0.15) is 36.5 Å². The van der Waals surface area contributed by atoms with Gasteiger partial charge < -0.3 is 10.1 Å². The molecule has 0 spiro atoms. The van der Waals surface area contributed by atoms with Gasteiger partial charge in [-0.15, -0.1) is 0 Å². The molecule has 2 aromatic rings. The molecular formula is C16H16BrF6N5O2. The van der Waals surface area contributed by atoms with Crippen molar-refractivity contribution in [3.63, 3.8) is 0 Å². The summed E-state index contributed by atoms with van der Waals surface area (Å²) in [6.45, 7) is -1.95. The van der Waals surface area contributed by atoms with E-state index in [2.05, 4.69) is 36.2 Å². The fourth-order valence-electron chi connectivity index (χ4n) is 2.74. The predicted octanol–water partition coefficient (Wildman–Crippen LogP) is 4.30. The zero-order valence-electron chi connectivity index (χ0n) is 15.2. The van der Waals surface area contributed by atoms with E-state index in [4.69, 9.17) is 0 Å². The fourth-order valence-corrected chi connectivity index (χ4v) is 3.57. The molecule has 0 aromatic carbocycles. The first-order chi connectivity index (χ1) is 13.9. The fraction of sp³-hybridized carbons (Fsp3) is 0.562. The van der Waals surface area contributed by atoms with Crippen LogP contribution in [0.15, 0.2) is 16.9 Å². The number of alkyl halides is 6. The Bertz CT molecular complexity index is 903. The molecule has 0 aliphatic heterocycles. The number of anilines is 1. The van der Waals surface area contributed by atoms with Crippen LogP contribution in [0.2, 0.25) is 0 Å². The Kier molecular flexibility index (Phi) is 6.45. The Hall–Kier alpha value is -2.09. The molecule has 166 valence electrons. The Labute approximate surface area is 174 Å². The summed E-state index contributed by atoms with van der Waals surface area (Å²) in [5.41, 5.74) is -0.384. The Morgan fingerprint density at radius 2 is 1.97 bits per heavy atom. The first kappa shape index (κ1) is 22.6. The quantitative estimate of drug-likeness (QED) is 0.545. The van der Waals surface area contributed by atoms with Crippen molar-refractivity contribution in [3.8, 4) is 0 Å².